The lowest BCUT2D eigenvalue weighted by Gasteiger charge is -2.18. The van der Waals surface area contributed by atoms with E-state index in [1.807, 2.05) is 0 Å². The van der Waals surface area contributed by atoms with Gasteiger partial charge in [-0.2, -0.15) is 0 Å². The highest BCUT2D eigenvalue weighted by molar-refractivity contribution is 5.58. The van der Waals surface area contributed by atoms with E-state index in [4.69, 9.17) is 4.74 Å². The zero-order chi connectivity index (χ0) is 16.4. The minimum atomic E-state index is 0.418. The van der Waals surface area contributed by atoms with Crippen LogP contribution in [-0.4, -0.2) is 12.6 Å². The molecule has 2 heteroatoms. The fraction of sp³-hybridized carbons (Fsp3) is 0.700. The summed E-state index contributed by atoms with van der Waals surface area (Å²) in [4.78, 5) is 0. The Labute approximate surface area is 137 Å². The van der Waals surface area contributed by atoms with E-state index in [2.05, 4.69) is 58.1 Å². The summed E-state index contributed by atoms with van der Waals surface area (Å²) in [7, 11) is 0. The van der Waals surface area contributed by atoms with Crippen molar-refractivity contribution >= 4 is 5.69 Å². The first kappa shape index (κ1) is 18.9. The van der Waals surface area contributed by atoms with Crippen molar-refractivity contribution in [1.82, 2.24) is 0 Å². The Kier molecular flexibility index (Phi) is 9.03. The summed E-state index contributed by atoms with van der Waals surface area (Å²) < 4.78 is 6.07. The van der Waals surface area contributed by atoms with Crippen LogP contribution in [0.1, 0.15) is 84.6 Å². The summed E-state index contributed by atoms with van der Waals surface area (Å²) >= 11 is 0. The predicted octanol–water partition coefficient (Wildman–Crippen LogP) is 6.37. The third-order valence-electron chi connectivity index (χ3n) is 3.87. The van der Waals surface area contributed by atoms with Crippen molar-refractivity contribution in [2.75, 3.05) is 11.9 Å². The van der Waals surface area contributed by atoms with Crippen LogP contribution in [0.4, 0.5) is 5.69 Å². The molecule has 22 heavy (non-hydrogen) atoms. The molecular weight excluding hydrogens is 270 g/mol. The van der Waals surface area contributed by atoms with Gasteiger partial charge in [-0.3, -0.25) is 0 Å². The molecule has 0 atom stereocenters. The highest BCUT2D eigenvalue weighted by Gasteiger charge is 2.08. The topological polar surface area (TPSA) is 21.3 Å². The van der Waals surface area contributed by atoms with Gasteiger partial charge in [-0.1, -0.05) is 58.9 Å². The van der Waals surface area contributed by atoms with Gasteiger partial charge in [0, 0.05) is 6.04 Å². The molecule has 1 aromatic carbocycles. The summed E-state index contributed by atoms with van der Waals surface area (Å²) in [5.74, 6) is 1.54. The Morgan fingerprint density at radius 3 is 2.27 bits per heavy atom. The standard InChI is InChI=1S/C20H35NO/c1-6-7-8-9-10-11-14-22-20-15-18(16(2)3)12-13-19(20)21-17(4)5/h12-13,15-17,21H,6-11,14H2,1-5H3. The van der Waals surface area contributed by atoms with E-state index in [9.17, 15) is 0 Å². The third-order valence-corrected chi connectivity index (χ3v) is 3.87. The van der Waals surface area contributed by atoms with Gasteiger partial charge in [-0.15, -0.1) is 0 Å². The first-order valence-electron chi connectivity index (χ1n) is 9.07. The lowest BCUT2D eigenvalue weighted by atomic mass is 10.0. The van der Waals surface area contributed by atoms with Crippen LogP contribution in [0.3, 0.4) is 0 Å². The lowest BCUT2D eigenvalue weighted by molar-refractivity contribution is 0.305. The number of ether oxygens (including phenoxy) is 1. The maximum Gasteiger partial charge on any atom is 0.142 e. The normalized spacial score (nSPS) is 11.2. The molecule has 1 N–H and O–H groups in total. The molecule has 0 unspecified atom stereocenters. The Bertz CT molecular complexity index is 412. The average molecular weight is 306 g/mol. The molecule has 0 aromatic heterocycles. The van der Waals surface area contributed by atoms with Gasteiger partial charge in [0.25, 0.3) is 0 Å². The average Bonchev–Trinajstić information content (AvgIpc) is 2.47. The molecule has 0 aliphatic rings. The highest BCUT2D eigenvalue weighted by Crippen LogP contribution is 2.29. The highest BCUT2D eigenvalue weighted by atomic mass is 16.5. The zero-order valence-corrected chi connectivity index (χ0v) is 15.2. The lowest BCUT2D eigenvalue weighted by Crippen LogP contribution is -2.11. The first-order chi connectivity index (χ1) is 10.5. The number of nitrogens with one attached hydrogen (secondary N) is 1. The number of rotatable bonds is 11. The third kappa shape index (κ3) is 7.20. The van der Waals surface area contributed by atoms with Gasteiger partial charge in [-0.25, -0.2) is 0 Å². The second-order valence-electron chi connectivity index (χ2n) is 6.83. The minimum absolute atomic E-state index is 0.418. The van der Waals surface area contributed by atoms with E-state index in [1.54, 1.807) is 0 Å². The van der Waals surface area contributed by atoms with Crippen LogP contribution in [0.25, 0.3) is 0 Å². The summed E-state index contributed by atoms with van der Waals surface area (Å²) in [5, 5.41) is 3.48. The molecule has 0 amide bonds. The number of hydrogen-bond acceptors (Lipinski definition) is 2. The Morgan fingerprint density at radius 1 is 0.955 bits per heavy atom. The molecule has 2 nitrogen and oxygen atoms in total. The van der Waals surface area contributed by atoms with Gasteiger partial charge in [0.15, 0.2) is 0 Å². The zero-order valence-electron chi connectivity index (χ0n) is 15.2. The second-order valence-corrected chi connectivity index (χ2v) is 6.83. The van der Waals surface area contributed by atoms with E-state index in [0.717, 1.165) is 24.5 Å². The van der Waals surface area contributed by atoms with Crippen molar-refractivity contribution in [3.8, 4) is 5.75 Å². The van der Waals surface area contributed by atoms with Crippen LogP contribution in [0.15, 0.2) is 18.2 Å². The van der Waals surface area contributed by atoms with Gasteiger partial charge in [0.1, 0.15) is 5.75 Å². The molecule has 0 saturated heterocycles. The number of hydrogen-bond donors (Lipinski definition) is 1. The largest absolute Gasteiger partial charge is 0.491 e. The molecule has 0 saturated carbocycles. The molecule has 126 valence electrons. The van der Waals surface area contributed by atoms with Crippen LogP contribution >= 0.6 is 0 Å². The molecule has 1 rings (SSSR count). The van der Waals surface area contributed by atoms with Gasteiger partial charge in [0.2, 0.25) is 0 Å². The number of unbranched alkanes of at least 4 members (excludes halogenated alkanes) is 5. The van der Waals surface area contributed by atoms with Gasteiger partial charge in [-0.05, 0) is 43.9 Å². The molecule has 1 aromatic rings. The molecule has 0 spiro atoms. The fourth-order valence-electron chi connectivity index (χ4n) is 2.51. The van der Waals surface area contributed by atoms with Crippen molar-refractivity contribution in [3.05, 3.63) is 23.8 Å². The molecule has 0 aliphatic carbocycles. The van der Waals surface area contributed by atoms with Crippen LogP contribution < -0.4 is 10.1 Å². The van der Waals surface area contributed by atoms with Crippen molar-refractivity contribution in [3.63, 3.8) is 0 Å². The van der Waals surface area contributed by atoms with Gasteiger partial charge in [0.05, 0.1) is 12.3 Å². The summed E-state index contributed by atoms with van der Waals surface area (Å²) in [5.41, 5.74) is 2.46. The van der Waals surface area contributed by atoms with Crippen LogP contribution in [0.2, 0.25) is 0 Å². The quantitative estimate of drug-likeness (QED) is 0.480. The van der Waals surface area contributed by atoms with Crippen LogP contribution in [0, 0.1) is 0 Å². The van der Waals surface area contributed by atoms with Gasteiger partial charge < -0.3 is 10.1 Å². The summed E-state index contributed by atoms with van der Waals surface area (Å²) in [6, 6.07) is 6.98. The Morgan fingerprint density at radius 2 is 1.64 bits per heavy atom. The second kappa shape index (κ2) is 10.5. The summed E-state index contributed by atoms with van der Waals surface area (Å²) in [6.07, 6.45) is 7.79. The molecule has 0 heterocycles. The molecule has 0 radical (unpaired) electrons. The first-order valence-corrected chi connectivity index (χ1v) is 9.07. The number of anilines is 1. The van der Waals surface area contributed by atoms with Crippen molar-refractivity contribution in [2.24, 2.45) is 0 Å². The van der Waals surface area contributed by atoms with E-state index in [-0.39, 0.29) is 0 Å². The predicted molar refractivity (Wildman–Crippen MR) is 98.2 cm³/mol. The fourth-order valence-corrected chi connectivity index (χ4v) is 2.51. The molecule has 0 aliphatic heterocycles. The van der Waals surface area contributed by atoms with E-state index in [0.29, 0.717) is 12.0 Å². The maximum atomic E-state index is 6.07. The van der Waals surface area contributed by atoms with E-state index >= 15 is 0 Å². The summed E-state index contributed by atoms with van der Waals surface area (Å²) in [6.45, 7) is 11.8. The van der Waals surface area contributed by atoms with Crippen molar-refractivity contribution in [1.29, 1.82) is 0 Å². The monoisotopic (exact) mass is 305 g/mol. The van der Waals surface area contributed by atoms with E-state index in [1.165, 1.54) is 37.7 Å². The molecule has 0 fully saturated rings. The van der Waals surface area contributed by atoms with Crippen LogP contribution in [0.5, 0.6) is 5.75 Å². The molecular formula is C20H35NO. The Hall–Kier alpha value is -1.18. The van der Waals surface area contributed by atoms with Gasteiger partial charge >= 0.3 is 0 Å². The smallest absolute Gasteiger partial charge is 0.142 e. The number of benzene rings is 1. The van der Waals surface area contributed by atoms with Crippen LogP contribution in [-0.2, 0) is 0 Å². The Balaban J connectivity index is 2.52. The van der Waals surface area contributed by atoms with Crippen molar-refractivity contribution < 1.29 is 4.74 Å². The SMILES string of the molecule is CCCCCCCCOc1cc(C(C)C)ccc1NC(C)C. The van der Waals surface area contributed by atoms with Crippen molar-refractivity contribution in [2.45, 2.75) is 85.1 Å². The van der Waals surface area contributed by atoms with E-state index < -0.39 is 0 Å². The maximum absolute atomic E-state index is 6.07. The minimum Gasteiger partial charge on any atom is -0.491 e. The molecule has 0 bridgehead atoms.